The Labute approximate surface area is 175 Å². The molecular weight excluding hydrogens is 399 g/mol. The second-order valence-corrected chi connectivity index (χ2v) is 7.17. The van der Waals surface area contributed by atoms with Crippen LogP contribution in [-0.4, -0.2) is 31.1 Å². The van der Waals surface area contributed by atoms with Gasteiger partial charge in [0.25, 0.3) is 17.4 Å². The molecule has 2 amide bonds. The number of benzene rings is 1. The molecule has 152 valence electrons. The fourth-order valence-electron chi connectivity index (χ4n) is 3.87. The van der Waals surface area contributed by atoms with Crippen LogP contribution in [0.4, 0.5) is 4.39 Å². The van der Waals surface area contributed by atoms with Crippen LogP contribution in [0.25, 0.3) is 16.9 Å². The van der Waals surface area contributed by atoms with Gasteiger partial charge in [0.2, 0.25) is 0 Å². The molecule has 0 N–H and O–H groups in total. The molecule has 0 saturated carbocycles. The molecule has 4 aromatic rings. The molecule has 1 atom stereocenters. The summed E-state index contributed by atoms with van der Waals surface area (Å²) in [6.45, 7) is 1.63. The van der Waals surface area contributed by atoms with E-state index in [1.165, 1.54) is 18.3 Å². The summed E-state index contributed by atoms with van der Waals surface area (Å²) in [6, 6.07) is 13.3. The number of nitrogens with zero attached hydrogens (tertiary/aromatic N) is 4. The van der Waals surface area contributed by atoms with Crippen molar-refractivity contribution in [2.45, 2.75) is 13.0 Å². The average molecular weight is 414 g/mol. The maximum absolute atomic E-state index is 13.8. The van der Waals surface area contributed by atoms with Crippen LogP contribution in [0, 0.1) is 5.82 Å². The molecule has 4 heterocycles. The molecule has 31 heavy (non-hydrogen) atoms. The predicted molar refractivity (Wildman–Crippen MR) is 110 cm³/mol. The van der Waals surface area contributed by atoms with Gasteiger partial charge in [0.05, 0.1) is 34.1 Å². The number of amides is 2. The summed E-state index contributed by atoms with van der Waals surface area (Å²) in [5.74, 6) is -1.51. The van der Waals surface area contributed by atoms with Gasteiger partial charge in [-0.05, 0) is 43.3 Å². The molecule has 8 heteroatoms. The van der Waals surface area contributed by atoms with E-state index in [0.29, 0.717) is 16.8 Å². The van der Waals surface area contributed by atoms with E-state index < -0.39 is 29.2 Å². The Hall–Kier alpha value is -4.20. The van der Waals surface area contributed by atoms with Crippen LogP contribution in [0.2, 0.25) is 0 Å². The predicted octanol–water partition coefficient (Wildman–Crippen LogP) is 3.25. The third-order valence-electron chi connectivity index (χ3n) is 5.34. The summed E-state index contributed by atoms with van der Waals surface area (Å²) in [7, 11) is 0. The molecule has 0 radical (unpaired) electrons. The highest BCUT2D eigenvalue weighted by Crippen LogP contribution is 2.33. The number of pyridine rings is 2. The SMILES string of the molecule is CC(c1nc2ccc(F)cn2c(=O)c1-c1ccccn1)N1C(=O)c2ccccc2C1=O. The molecule has 7 nitrogen and oxygen atoms in total. The zero-order valence-electron chi connectivity index (χ0n) is 16.3. The van der Waals surface area contributed by atoms with Gasteiger partial charge in [-0.25, -0.2) is 9.37 Å². The first-order valence-electron chi connectivity index (χ1n) is 9.57. The van der Waals surface area contributed by atoms with Crippen LogP contribution in [0.15, 0.2) is 71.8 Å². The molecule has 0 saturated heterocycles. The van der Waals surface area contributed by atoms with Crippen molar-refractivity contribution < 1.29 is 14.0 Å². The van der Waals surface area contributed by atoms with Crippen molar-refractivity contribution in [2.24, 2.45) is 0 Å². The number of hydrogen-bond acceptors (Lipinski definition) is 5. The minimum absolute atomic E-state index is 0.104. The van der Waals surface area contributed by atoms with Crippen LogP contribution in [-0.2, 0) is 0 Å². The molecule has 5 rings (SSSR count). The molecular formula is C23H15FN4O3. The van der Waals surface area contributed by atoms with Gasteiger partial charge < -0.3 is 0 Å². The third-order valence-corrected chi connectivity index (χ3v) is 5.34. The molecule has 3 aromatic heterocycles. The van der Waals surface area contributed by atoms with Crippen molar-refractivity contribution >= 4 is 17.5 Å². The van der Waals surface area contributed by atoms with Crippen molar-refractivity contribution in [3.05, 3.63) is 100.0 Å². The highest BCUT2D eigenvalue weighted by atomic mass is 19.1. The average Bonchev–Trinajstić information content (AvgIpc) is 3.04. The number of aromatic nitrogens is 3. The zero-order chi connectivity index (χ0) is 21.7. The molecule has 1 aromatic carbocycles. The first kappa shape index (κ1) is 18.8. The number of rotatable bonds is 3. The van der Waals surface area contributed by atoms with Crippen LogP contribution >= 0.6 is 0 Å². The van der Waals surface area contributed by atoms with Crippen molar-refractivity contribution in [3.8, 4) is 11.3 Å². The molecule has 1 aliphatic heterocycles. The third kappa shape index (κ3) is 2.83. The van der Waals surface area contributed by atoms with Gasteiger partial charge in [0, 0.05) is 12.4 Å². The quantitative estimate of drug-likeness (QED) is 0.481. The maximum Gasteiger partial charge on any atom is 0.267 e. The largest absolute Gasteiger partial charge is 0.269 e. The number of fused-ring (bicyclic) bond motifs is 2. The van der Waals surface area contributed by atoms with Gasteiger partial charge in [-0.2, -0.15) is 0 Å². The van der Waals surface area contributed by atoms with Crippen molar-refractivity contribution in [3.63, 3.8) is 0 Å². The normalized spacial score (nSPS) is 14.2. The fourth-order valence-corrected chi connectivity index (χ4v) is 3.87. The van der Waals surface area contributed by atoms with Gasteiger partial charge in [-0.1, -0.05) is 18.2 Å². The molecule has 1 unspecified atom stereocenters. The summed E-state index contributed by atoms with van der Waals surface area (Å²) < 4.78 is 14.9. The lowest BCUT2D eigenvalue weighted by Crippen LogP contribution is -2.35. The van der Waals surface area contributed by atoms with E-state index in [4.69, 9.17) is 0 Å². The summed E-state index contributed by atoms with van der Waals surface area (Å²) in [5.41, 5.74) is 0.900. The minimum atomic E-state index is -0.854. The van der Waals surface area contributed by atoms with Crippen LogP contribution in [0.5, 0.6) is 0 Å². The fraction of sp³-hybridized carbons (Fsp3) is 0.0870. The van der Waals surface area contributed by atoms with E-state index in [0.717, 1.165) is 15.5 Å². The Kier molecular flexibility index (Phi) is 4.21. The summed E-state index contributed by atoms with van der Waals surface area (Å²) in [5, 5.41) is 0. The lowest BCUT2D eigenvalue weighted by Gasteiger charge is -2.24. The van der Waals surface area contributed by atoms with Crippen LogP contribution in [0.3, 0.4) is 0 Å². The van der Waals surface area contributed by atoms with Gasteiger partial charge in [-0.15, -0.1) is 0 Å². The van der Waals surface area contributed by atoms with E-state index in [1.807, 2.05) is 0 Å². The number of carbonyl (C=O) groups excluding carboxylic acids is 2. The Morgan fingerprint density at radius 1 is 0.903 bits per heavy atom. The van der Waals surface area contributed by atoms with Gasteiger partial charge in [0.15, 0.2) is 0 Å². The number of carbonyl (C=O) groups is 2. The Balaban J connectivity index is 1.75. The van der Waals surface area contributed by atoms with E-state index in [9.17, 15) is 18.8 Å². The number of hydrogen-bond donors (Lipinski definition) is 0. The molecule has 0 aliphatic carbocycles. The smallest absolute Gasteiger partial charge is 0.267 e. The van der Waals surface area contributed by atoms with E-state index >= 15 is 0 Å². The first-order valence-corrected chi connectivity index (χ1v) is 9.57. The summed E-state index contributed by atoms with van der Waals surface area (Å²) in [6.07, 6.45) is 2.57. The van der Waals surface area contributed by atoms with Gasteiger partial charge >= 0.3 is 0 Å². The number of imide groups is 1. The molecule has 0 bridgehead atoms. The second kappa shape index (κ2) is 6.94. The van der Waals surface area contributed by atoms with Gasteiger partial charge in [-0.3, -0.25) is 28.7 Å². The van der Waals surface area contributed by atoms with Crippen molar-refractivity contribution in [2.75, 3.05) is 0 Å². The second-order valence-electron chi connectivity index (χ2n) is 7.17. The van der Waals surface area contributed by atoms with E-state index in [1.54, 1.807) is 49.4 Å². The molecule has 0 spiro atoms. The standard InChI is InChI=1S/C23H15FN4O3/c1-13(28-21(29)15-6-2-3-7-16(15)22(28)30)20-19(17-8-4-5-11-25-17)23(31)27-12-14(24)9-10-18(27)26-20/h2-13H,1H3. The van der Waals surface area contributed by atoms with Gasteiger partial charge in [0.1, 0.15) is 11.5 Å². The molecule has 1 aliphatic rings. The Morgan fingerprint density at radius 3 is 2.23 bits per heavy atom. The first-order chi connectivity index (χ1) is 15.0. The van der Waals surface area contributed by atoms with Crippen LogP contribution < -0.4 is 5.56 Å². The summed E-state index contributed by atoms with van der Waals surface area (Å²) >= 11 is 0. The van der Waals surface area contributed by atoms with E-state index in [-0.39, 0.29) is 16.9 Å². The maximum atomic E-state index is 13.8. The minimum Gasteiger partial charge on any atom is -0.269 e. The Bertz CT molecular complexity index is 1400. The highest BCUT2D eigenvalue weighted by Gasteiger charge is 2.40. The number of halogens is 1. The summed E-state index contributed by atoms with van der Waals surface area (Å²) in [4.78, 5) is 49.2. The van der Waals surface area contributed by atoms with E-state index in [2.05, 4.69) is 9.97 Å². The van der Waals surface area contributed by atoms with Crippen molar-refractivity contribution in [1.29, 1.82) is 0 Å². The molecule has 0 fully saturated rings. The lowest BCUT2D eigenvalue weighted by molar-refractivity contribution is 0.0592. The Morgan fingerprint density at radius 2 is 1.58 bits per heavy atom. The lowest BCUT2D eigenvalue weighted by atomic mass is 10.0. The topological polar surface area (TPSA) is 84.6 Å². The van der Waals surface area contributed by atoms with Crippen LogP contribution in [0.1, 0.15) is 39.4 Å². The monoisotopic (exact) mass is 414 g/mol. The zero-order valence-corrected chi connectivity index (χ0v) is 16.3. The van der Waals surface area contributed by atoms with Crippen molar-refractivity contribution in [1.82, 2.24) is 19.3 Å². The highest BCUT2D eigenvalue weighted by molar-refractivity contribution is 6.21.